The van der Waals surface area contributed by atoms with Crippen molar-refractivity contribution in [1.29, 1.82) is 0 Å². The number of amides is 1. The van der Waals surface area contributed by atoms with E-state index in [-0.39, 0.29) is 12.5 Å². The van der Waals surface area contributed by atoms with Gasteiger partial charge in [-0.15, -0.1) is 11.3 Å². The topological polar surface area (TPSA) is 40.5 Å². The third-order valence-electron chi connectivity index (χ3n) is 3.72. The van der Waals surface area contributed by atoms with E-state index in [1.165, 1.54) is 10.4 Å². The number of likely N-dealkylation sites (tertiary alicyclic amines) is 1. The Balaban J connectivity index is 2.03. The third-order valence-corrected chi connectivity index (χ3v) is 4.80. The van der Waals surface area contributed by atoms with Crippen LogP contribution in [0.1, 0.15) is 39.9 Å². The van der Waals surface area contributed by atoms with Crippen molar-refractivity contribution in [2.45, 2.75) is 33.1 Å². The van der Waals surface area contributed by atoms with Gasteiger partial charge in [-0.25, -0.2) is 0 Å². The predicted octanol–water partition coefficient (Wildman–Crippen LogP) is 2.46. The van der Waals surface area contributed by atoms with Gasteiger partial charge in [0.15, 0.2) is 0 Å². The lowest BCUT2D eigenvalue weighted by Crippen LogP contribution is -2.28. The van der Waals surface area contributed by atoms with E-state index >= 15 is 0 Å². The summed E-state index contributed by atoms with van der Waals surface area (Å²) in [7, 11) is 0. The fraction of sp³-hybridized carbons (Fsp3) is 0.643. The van der Waals surface area contributed by atoms with E-state index in [0.29, 0.717) is 5.92 Å². The van der Waals surface area contributed by atoms with Crippen molar-refractivity contribution in [3.63, 3.8) is 0 Å². The molecule has 0 aromatic carbocycles. The second-order valence-corrected chi connectivity index (χ2v) is 6.22. The zero-order valence-electron chi connectivity index (χ0n) is 11.1. The second kappa shape index (κ2) is 5.85. The van der Waals surface area contributed by atoms with E-state index in [4.69, 9.17) is 5.11 Å². The third kappa shape index (κ3) is 2.75. The van der Waals surface area contributed by atoms with Gasteiger partial charge in [-0.2, -0.15) is 0 Å². The normalized spacial score (nSPS) is 19.5. The Kier molecular flexibility index (Phi) is 4.40. The van der Waals surface area contributed by atoms with Crippen molar-refractivity contribution < 1.29 is 9.90 Å². The van der Waals surface area contributed by atoms with Crippen molar-refractivity contribution in [1.82, 2.24) is 4.90 Å². The van der Waals surface area contributed by atoms with Gasteiger partial charge >= 0.3 is 0 Å². The van der Waals surface area contributed by atoms with Crippen LogP contribution < -0.4 is 0 Å². The number of hydrogen-bond acceptors (Lipinski definition) is 3. The van der Waals surface area contributed by atoms with Crippen LogP contribution in [0.25, 0.3) is 0 Å². The smallest absolute Gasteiger partial charge is 0.263 e. The van der Waals surface area contributed by atoms with Gasteiger partial charge in [-0.3, -0.25) is 4.79 Å². The largest absolute Gasteiger partial charge is 0.396 e. The number of thiophene rings is 1. The Labute approximate surface area is 112 Å². The van der Waals surface area contributed by atoms with Gasteiger partial charge in [0.1, 0.15) is 0 Å². The van der Waals surface area contributed by atoms with Crippen molar-refractivity contribution in [2.75, 3.05) is 19.7 Å². The Hall–Kier alpha value is -0.870. The summed E-state index contributed by atoms with van der Waals surface area (Å²) in [4.78, 5) is 16.4. The molecular weight excluding hydrogens is 246 g/mol. The number of carbonyl (C=O) groups is 1. The van der Waals surface area contributed by atoms with Crippen molar-refractivity contribution >= 4 is 17.2 Å². The van der Waals surface area contributed by atoms with E-state index in [1.54, 1.807) is 11.3 Å². The summed E-state index contributed by atoms with van der Waals surface area (Å²) in [5.41, 5.74) is 1.29. The van der Waals surface area contributed by atoms with Crippen LogP contribution in [0.5, 0.6) is 0 Å². The highest BCUT2D eigenvalue weighted by Crippen LogP contribution is 2.26. The summed E-state index contributed by atoms with van der Waals surface area (Å²) in [5.74, 6) is 0.647. The fourth-order valence-electron chi connectivity index (χ4n) is 2.57. The molecule has 1 amide bonds. The molecule has 0 spiro atoms. The molecule has 2 heterocycles. The molecule has 1 aliphatic rings. The Morgan fingerprint density at radius 1 is 1.61 bits per heavy atom. The van der Waals surface area contributed by atoms with E-state index in [1.807, 2.05) is 11.0 Å². The molecule has 1 atom stereocenters. The van der Waals surface area contributed by atoms with Crippen molar-refractivity contribution in [3.8, 4) is 0 Å². The summed E-state index contributed by atoms with van der Waals surface area (Å²) >= 11 is 1.61. The molecule has 1 aromatic heterocycles. The summed E-state index contributed by atoms with van der Waals surface area (Å²) in [6, 6.07) is 2.04. The lowest BCUT2D eigenvalue weighted by molar-refractivity contribution is 0.0789. The van der Waals surface area contributed by atoms with E-state index in [0.717, 1.165) is 37.2 Å². The minimum absolute atomic E-state index is 0.170. The predicted molar refractivity (Wildman–Crippen MR) is 74.1 cm³/mol. The van der Waals surface area contributed by atoms with Gasteiger partial charge in [0.2, 0.25) is 0 Å². The number of aliphatic hydroxyl groups is 1. The maximum Gasteiger partial charge on any atom is 0.263 e. The molecule has 4 heteroatoms. The average molecular weight is 267 g/mol. The zero-order chi connectivity index (χ0) is 13.1. The highest BCUT2D eigenvalue weighted by Gasteiger charge is 2.27. The number of rotatable bonds is 4. The SMILES string of the molecule is CCc1cc(C(=O)N2CCC(CCO)C2)sc1C. The summed E-state index contributed by atoms with van der Waals surface area (Å²) in [6.45, 7) is 6.07. The monoisotopic (exact) mass is 267 g/mol. The first kappa shape index (κ1) is 13.6. The van der Waals surface area contributed by atoms with Crippen molar-refractivity contribution in [2.24, 2.45) is 5.92 Å². The van der Waals surface area contributed by atoms with Gasteiger partial charge in [0.05, 0.1) is 4.88 Å². The zero-order valence-corrected chi connectivity index (χ0v) is 11.9. The molecule has 2 rings (SSSR count). The van der Waals surface area contributed by atoms with Crippen LogP contribution in [0.15, 0.2) is 6.07 Å². The van der Waals surface area contributed by atoms with Crippen LogP contribution in [0.3, 0.4) is 0 Å². The first-order valence-corrected chi connectivity index (χ1v) is 7.46. The molecule has 1 aromatic rings. The maximum atomic E-state index is 12.4. The molecule has 100 valence electrons. The minimum Gasteiger partial charge on any atom is -0.396 e. The average Bonchev–Trinajstić information content (AvgIpc) is 2.95. The van der Waals surface area contributed by atoms with Gasteiger partial charge in [-0.05, 0) is 43.7 Å². The molecule has 0 saturated carbocycles. The van der Waals surface area contributed by atoms with E-state index in [2.05, 4.69) is 13.8 Å². The van der Waals surface area contributed by atoms with Crippen LogP contribution in [-0.2, 0) is 6.42 Å². The number of carbonyl (C=O) groups excluding carboxylic acids is 1. The van der Waals surface area contributed by atoms with Gasteiger partial charge in [0.25, 0.3) is 5.91 Å². The van der Waals surface area contributed by atoms with Crippen molar-refractivity contribution in [3.05, 3.63) is 21.4 Å². The number of hydrogen-bond donors (Lipinski definition) is 1. The Morgan fingerprint density at radius 2 is 2.39 bits per heavy atom. The molecule has 1 N–H and O–H groups in total. The standard InChI is InChI=1S/C14H21NO2S/c1-3-12-8-13(18-10(12)2)14(17)15-6-4-11(9-15)5-7-16/h8,11,16H,3-7,9H2,1-2H3. The van der Waals surface area contributed by atoms with Gasteiger partial charge < -0.3 is 10.0 Å². The maximum absolute atomic E-state index is 12.4. The number of aliphatic hydroxyl groups excluding tert-OH is 1. The lowest BCUT2D eigenvalue weighted by Gasteiger charge is -2.15. The molecule has 1 saturated heterocycles. The van der Waals surface area contributed by atoms with Crippen LogP contribution in [0.2, 0.25) is 0 Å². The van der Waals surface area contributed by atoms with Gasteiger partial charge in [0, 0.05) is 24.6 Å². The molecule has 18 heavy (non-hydrogen) atoms. The molecule has 1 aliphatic heterocycles. The molecule has 3 nitrogen and oxygen atoms in total. The van der Waals surface area contributed by atoms with E-state index in [9.17, 15) is 4.79 Å². The first-order chi connectivity index (χ1) is 8.65. The first-order valence-electron chi connectivity index (χ1n) is 6.65. The van der Waals surface area contributed by atoms with Crippen LogP contribution in [-0.4, -0.2) is 35.6 Å². The summed E-state index contributed by atoms with van der Waals surface area (Å²) in [6.07, 6.45) is 2.83. The number of aryl methyl sites for hydroxylation is 2. The highest BCUT2D eigenvalue weighted by atomic mass is 32.1. The van der Waals surface area contributed by atoms with E-state index < -0.39 is 0 Å². The quantitative estimate of drug-likeness (QED) is 0.910. The molecule has 1 unspecified atom stereocenters. The van der Waals surface area contributed by atoms with Crippen LogP contribution in [0.4, 0.5) is 0 Å². The Morgan fingerprint density at radius 3 is 3.00 bits per heavy atom. The molecule has 0 bridgehead atoms. The van der Waals surface area contributed by atoms with Crippen LogP contribution in [0, 0.1) is 12.8 Å². The molecular formula is C14H21NO2S. The van der Waals surface area contributed by atoms with Crippen LogP contribution >= 0.6 is 11.3 Å². The lowest BCUT2D eigenvalue weighted by atomic mass is 10.1. The minimum atomic E-state index is 0.170. The molecule has 0 aliphatic carbocycles. The highest BCUT2D eigenvalue weighted by molar-refractivity contribution is 7.14. The summed E-state index contributed by atoms with van der Waals surface area (Å²) < 4.78 is 0. The second-order valence-electron chi connectivity index (χ2n) is 4.96. The number of nitrogens with zero attached hydrogens (tertiary/aromatic N) is 1. The molecule has 1 fully saturated rings. The molecule has 0 radical (unpaired) electrons. The fourth-order valence-corrected chi connectivity index (χ4v) is 3.65. The summed E-state index contributed by atoms with van der Waals surface area (Å²) in [5, 5.41) is 8.94. The van der Waals surface area contributed by atoms with Gasteiger partial charge in [-0.1, -0.05) is 6.92 Å². The Bertz CT molecular complexity index is 427.